The van der Waals surface area contributed by atoms with E-state index in [1.165, 1.54) is 21.0 Å². The predicted octanol–water partition coefficient (Wildman–Crippen LogP) is 2.83. The van der Waals surface area contributed by atoms with Crippen LogP contribution in [-0.2, 0) is 14.3 Å². The Balaban J connectivity index is 0. The van der Waals surface area contributed by atoms with Gasteiger partial charge in [-0.05, 0) is 12.1 Å². The Morgan fingerprint density at radius 3 is 1.79 bits per heavy atom. The van der Waals surface area contributed by atoms with Gasteiger partial charge >= 0.3 is 11.9 Å². The summed E-state index contributed by atoms with van der Waals surface area (Å²) in [5.41, 5.74) is 0. The minimum Gasteiger partial charge on any atom is -0.497 e. The zero-order valence-electron chi connectivity index (χ0n) is 12.4. The van der Waals surface area contributed by atoms with Crippen molar-refractivity contribution < 1.29 is 23.8 Å². The summed E-state index contributed by atoms with van der Waals surface area (Å²) >= 11 is 0. The molecule has 19 heavy (non-hydrogen) atoms. The fourth-order valence-electron chi connectivity index (χ4n) is 0.831. The number of carbonyl (C=O) groups excluding carboxylic acids is 2. The molecule has 0 spiro atoms. The third-order valence-corrected chi connectivity index (χ3v) is 1.59. The lowest BCUT2D eigenvalue weighted by molar-refractivity contribution is -0.138. The lowest BCUT2D eigenvalue weighted by Gasteiger charge is -2.02. The maximum Gasteiger partial charge on any atom is 0.308 e. The third kappa shape index (κ3) is 12.2. The first-order valence-corrected chi connectivity index (χ1v) is 5.86. The second kappa shape index (κ2) is 12.4. The first-order chi connectivity index (χ1) is 8.99. The summed E-state index contributed by atoms with van der Waals surface area (Å²) in [7, 11) is 2.91. The summed E-state index contributed by atoms with van der Waals surface area (Å²) < 4.78 is 13.9. The molecule has 0 amide bonds. The van der Waals surface area contributed by atoms with Crippen molar-refractivity contribution in [3.63, 3.8) is 0 Å². The monoisotopic (exact) mass is 270 g/mol. The molecule has 0 aliphatic heterocycles. The molecule has 0 saturated carbocycles. The molecule has 0 radical (unpaired) electrons. The summed E-state index contributed by atoms with van der Waals surface area (Å²) in [5, 5.41) is 0. The van der Waals surface area contributed by atoms with E-state index in [2.05, 4.69) is 4.74 Å². The van der Waals surface area contributed by atoms with E-state index in [0.29, 0.717) is 11.5 Å². The molecule has 0 aromatic heterocycles. The van der Waals surface area contributed by atoms with E-state index in [0.717, 1.165) is 0 Å². The van der Waals surface area contributed by atoms with Crippen molar-refractivity contribution >= 4 is 11.9 Å². The molecular formula is C14H22O5. The first kappa shape index (κ1) is 19.3. The SMILES string of the molecule is CC.COC(C)=O.COc1cccc(OC(C)=O)c1. The average Bonchev–Trinajstić information content (AvgIpc) is 2.41. The summed E-state index contributed by atoms with van der Waals surface area (Å²) in [6.45, 7) is 6.72. The number of carbonyl (C=O) groups is 2. The smallest absolute Gasteiger partial charge is 0.308 e. The standard InChI is InChI=1S/C9H10O3.C3H6O2.C2H6/c1-7(10)12-9-5-3-4-8(6-9)11-2;1-3(4)5-2;1-2/h3-6H,1-2H3;1-2H3;1-2H3. The molecule has 0 saturated heterocycles. The number of benzene rings is 1. The molecular weight excluding hydrogens is 248 g/mol. The van der Waals surface area contributed by atoms with Crippen molar-refractivity contribution in [1.29, 1.82) is 0 Å². The van der Waals surface area contributed by atoms with E-state index in [1.54, 1.807) is 31.4 Å². The molecule has 108 valence electrons. The van der Waals surface area contributed by atoms with Crippen molar-refractivity contribution in [3.05, 3.63) is 24.3 Å². The van der Waals surface area contributed by atoms with E-state index in [4.69, 9.17) is 9.47 Å². The van der Waals surface area contributed by atoms with Gasteiger partial charge in [0.25, 0.3) is 0 Å². The molecule has 0 N–H and O–H groups in total. The van der Waals surface area contributed by atoms with Gasteiger partial charge in [-0.3, -0.25) is 9.59 Å². The van der Waals surface area contributed by atoms with Crippen LogP contribution in [0, 0.1) is 0 Å². The number of esters is 2. The number of hydrogen-bond donors (Lipinski definition) is 0. The van der Waals surface area contributed by atoms with Gasteiger partial charge < -0.3 is 14.2 Å². The van der Waals surface area contributed by atoms with Gasteiger partial charge in [-0.2, -0.15) is 0 Å². The topological polar surface area (TPSA) is 61.8 Å². The summed E-state index contributed by atoms with van der Waals surface area (Å²) in [6.07, 6.45) is 0. The van der Waals surface area contributed by atoms with Gasteiger partial charge in [0, 0.05) is 19.9 Å². The largest absolute Gasteiger partial charge is 0.497 e. The summed E-state index contributed by atoms with van der Waals surface area (Å²) in [6, 6.07) is 6.90. The molecule has 1 rings (SSSR count). The molecule has 1 aromatic rings. The van der Waals surface area contributed by atoms with Gasteiger partial charge in [-0.25, -0.2) is 0 Å². The van der Waals surface area contributed by atoms with Crippen LogP contribution in [0.5, 0.6) is 11.5 Å². The predicted molar refractivity (Wildman–Crippen MR) is 73.3 cm³/mol. The highest BCUT2D eigenvalue weighted by atomic mass is 16.5. The van der Waals surface area contributed by atoms with Crippen molar-refractivity contribution in [2.24, 2.45) is 0 Å². The van der Waals surface area contributed by atoms with E-state index in [1.807, 2.05) is 13.8 Å². The number of methoxy groups -OCH3 is 2. The lowest BCUT2D eigenvalue weighted by Crippen LogP contribution is -2.01. The van der Waals surface area contributed by atoms with Crippen LogP contribution in [0.1, 0.15) is 27.7 Å². The van der Waals surface area contributed by atoms with Crippen LogP contribution in [0.3, 0.4) is 0 Å². The van der Waals surface area contributed by atoms with Crippen LogP contribution in [0.2, 0.25) is 0 Å². The van der Waals surface area contributed by atoms with Crippen molar-refractivity contribution in [2.75, 3.05) is 14.2 Å². The zero-order valence-corrected chi connectivity index (χ0v) is 12.4. The zero-order chi connectivity index (χ0) is 15.3. The van der Waals surface area contributed by atoms with Crippen LogP contribution in [-0.4, -0.2) is 26.2 Å². The molecule has 1 aromatic carbocycles. The van der Waals surface area contributed by atoms with Crippen LogP contribution < -0.4 is 9.47 Å². The van der Waals surface area contributed by atoms with Gasteiger partial charge in [-0.15, -0.1) is 0 Å². The third-order valence-electron chi connectivity index (χ3n) is 1.59. The molecule has 5 nitrogen and oxygen atoms in total. The Bertz CT molecular complexity index is 374. The first-order valence-electron chi connectivity index (χ1n) is 5.86. The van der Waals surface area contributed by atoms with Crippen molar-refractivity contribution in [3.8, 4) is 11.5 Å². The second-order valence-corrected chi connectivity index (χ2v) is 2.97. The maximum absolute atomic E-state index is 10.5. The highest BCUT2D eigenvalue weighted by Gasteiger charge is 1.98. The minimum absolute atomic E-state index is 0.245. The van der Waals surface area contributed by atoms with Crippen molar-refractivity contribution in [2.45, 2.75) is 27.7 Å². The van der Waals surface area contributed by atoms with E-state index in [9.17, 15) is 9.59 Å². The fraction of sp³-hybridized carbons (Fsp3) is 0.429. The number of hydrogen-bond acceptors (Lipinski definition) is 5. The molecule has 0 fully saturated rings. The van der Waals surface area contributed by atoms with Crippen LogP contribution in [0.25, 0.3) is 0 Å². The Hall–Kier alpha value is -2.04. The fourth-order valence-corrected chi connectivity index (χ4v) is 0.831. The average molecular weight is 270 g/mol. The summed E-state index contributed by atoms with van der Waals surface area (Å²) in [5.74, 6) is 0.601. The van der Waals surface area contributed by atoms with Crippen LogP contribution in [0.15, 0.2) is 24.3 Å². The molecule has 0 heterocycles. The molecule has 0 bridgehead atoms. The van der Waals surface area contributed by atoms with E-state index < -0.39 is 0 Å². The number of ether oxygens (including phenoxy) is 3. The van der Waals surface area contributed by atoms with Gasteiger partial charge in [0.1, 0.15) is 11.5 Å². The Morgan fingerprint density at radius 1 is 0.947 bits per heavy atom. The van der Waals surface area contributed by atoms with Crippen molar-refractivity contribution in [1.82, 2.24) is 0 Å². The Kier molecular flexibility index (Phi) is 12.6. The maximum atomic E-state index is 10.5. The van der Waals surface area contributed by atoms with Crippen LogP contribution >= 0.6 is 0 Å². The van der Waals surface area contributed by atoms with E-state index >= 15 is 0 Å². The molecule has 0 aliphatic carbocycles. The number of rotatable bonds is 2. The lowest BCUT2D eigenvalue weighted by atomic mass is 10.3. The van der Waals surface area contributed by atoms with E-state index in [-0.39, 0.29) is 11.9 Å². The van der Waals surface area contributed by atoms with Crippen LogP contribution in [0.4, 0.5) is 0 Å². The summed E-state index contributed by atoms with van der Waals surface area (Å²) in [4.78, 5) is 20.1. The van der Waals surface area contributed by atoms with Gasteiger partial charge in [0.2, 0.25) is 0 Å². The Morgan fingerprint density at radius 2 is 1.42 bits per heavy atom. The Labute approximate surface area is 114 Å². The van der Waals surface area contributed by atoms with Gasteiger partial charge in [-0.1, -0.05) is 19.9 Å². The minimum atomic E-state index is -0.330. The van der Waals surface area contributed by atoms with Gasteiger partial charge in [0.15, 0.2) is 0 Å². The normalized spacial score (nSPS) is 7.89. The molecule has 5 heteroatoms. The van der Waals surface area contributed by atoms with Gasteiger partial charge in [0.05, 0.1) is 14.2 Å². The second-order valence-electron chi connectivity index (χ2n) is 2.97. The highest BCUT2D eigenvalue weighted by Crippen LogP contribution is 2.18. The highest BCUT2D eigenvalue weighted by molar-refractivity contribution is 5.69. The quantitative estimate of drug-likeness (QED) is 0.611. The molecule has 0 atom stereocenters. The molecule has 0 unspecified atom stereocenters. The molecule has 0 aliphatic rings.